The fourth-order valence-electron chi connectivity index (χ4n) is 3.45. The van der Waals surface area contributed by atoms with Gasteiger partial charge >= 0.3 is 5.97 Å². The summed E-state index contributed by atoms with van der Waals surface area (Å²) in [6.45, 7) is 1.50. The molecule has 2 heterocycles. The molecule has 21 heavy (non-hydrogen) atoms. The summed E-state index contributed by atoms with van der Waals surface area (Å²) >= 11 is 1.16. The van der Waals surface area contributed by atoms with Gasteiger partial charge in [-0.1, -0.05) is 0 Å². The van der Waals surface area contributed by atoms with E-state index in [1.54, 1.807) is 11.4 Å². The number of carbonyl (C=O) groups excluding carboxylic acids is 1. The third-order valence-corrected chi connectivity index (χ3v) is 5.70. The predicted molar refractivity (Wildman–Crippen MR) is 78.5 cm³/mol. The van der Waals surface area contributed by atoms with Crippen molar-refractivity contribution in [3.8, 4) is 0 Å². The zero-order valence-corrected chi connectivity index (χ0v) is 12.6. The van der Waals surface area contributed by atoms with Crippen LogP contribution in [0, 0.1) is 5.41 Å². The Balaban J connectivity index is 1.53. The van der Waals surface area contributed by atoms with Crippen LogP contribution in [0.15, 0.2) is 11.4 Å². The lowest BCUT2D eigenvalue weighted by Crippen LogP contribution is -2.50. The minimum atomic E-state index is -0.942. The Morgan fingerprint density at radius 3 is 2.52 bits per heavy atom. The summed E-state index contributed by atoms with van der Waals surface area (Å²) in [6, 6.07) is 1.58. The number of amides is 1. The Kier molecular flexibility index (Phi) is 3.75. The molecule has 1 aliphatic heterocycles. The van der Waals surface area contributed by atoms with Gasteiger partial charge in [0.1, 0.15) is 4.88 Å². The van der Waals surface area contributed by atoms with Crippen LogP contribution in [0.25, 0.3) is 0 Å². The number of aliphatic hydroxyl groups is 1. The third-order valence-electron chi connectivity index (χ3n) is 4.73. The van der Waals surface area contributed by atoms with E-state index in [1.165, 1.54) is 0 Å². The Bertz CT molecular complexity index is 552. The second kappa shape index (κ2) is 5.42. The van der Waals surface area contributed by atoms with Crippen molar-refractivity contribution in [1.29, 1.82) is 0 Å². The number of carboxylic acids is 1. The second-order valence-corrected chi connectivity index (χ2v) is 7.16. The van der Waals surface area contributed by atoms with Crippen molar-refractivity contribution < 1.29 is 19.8 Å². The molecular weight excluding hydrogens is 290 g/mol. The van der Waals surface area contributed by atoms with Crippen molar-refractivity contribution >= 4 is 23.2 Å². The summed E-state index contributed by atoms with van der Waals surface area (Å²) in [4.78, 5) is 25.2. The van der Waals surface area contributed by atoms with Gasteiger partial charge in [-0.2, -0.15) is 0 Å². The molecule has 1 amide bonds. The first-order valence-corrected chi connectivity index (χ1v) is 8.12. The van der Waals surface area contributed by atoms with Crippen LogP contribution in [0.4, 0.5) is 0 Å². The maximum absolute atomic E-state index is 12.3. The molecule has 0 atom stereocenters. The van der Waals surface area contributed by atoms with Crippen molar-refractivity contribution in [3.05, 3.63) is 21.9 Å². The molecule has 0 aromatic carbocycles. The van der Waals surface area contributed by atoms with E-state index in [2.05, 4.69) is 0 Å². The van der Waals surface area contributed by atoms with E-state index >= 15 is 0 Å². The van der Waals surface area contributed by atoms with Crippen molar-refractivity contribution in [2.45, 2.75) is 38.2 Å². The second-order valence-electron chi connectivity index (χ2n) is 6.24. The summed E-state index contributed by atoms with van der Waals surface area (Å²) in [5.41, 5.74) is 1.05. The minimum Gasteiger partial charge on any atom is -0.477 e. The highest BCUT2D eigenvalue weighted by molar-refractivity contribution is 7.12. The Morgan fingerprint density at radius 1 is 1.33 bits per heavy atom. The smallest absolute Gasteiger partial charge is 0.345 e. The molecule has 1 aromatic heterocycles. The Labute approximate surface area is 127 Å². The number of nitrogens with zero attached hydrogens (tertiary/aromatic N) is 1. The van der Waals surface area contributed by atoms with Crippen LogP contribution in [-0.2, 0) is 11.2 Å². The van der Waals surface area contributed by atoms with Crippen molar-refractivity contribution in [2.75, 3.05) is 13.1 Å². The van der Waals surface area contributed by atoms with E-state index in [1.807, 2.05) is 4.90 Å². The van der Waals surface area contributed by atoms with E-state index < -0.39 is 5.97 Å². The lowest BCUT2D eigenvalue weighted by molar-refractivity contribution is -0.136. The van der Waals surface area contributed by atoms with Gasteiger partial charge in [0.2, 0.25) is 5.91 Å². The summed E-state index contributed by atoms with van der Waals surface area (Å²) in [5, 5.41) is 20.1. The van der Waals surface area contributed by atoms with Crippen molar-refractivity contribution in [3.63, 3.8) is 0 Å². The van der Waals surface area contributed by atoms with Gasteiger partial charge in [0.25, 0.3) is 0 Å². The van der Waals surface area contributed by atoms with Gasteiger partial charge in [-0.05, 0) is 48.1 Å². The number of aromatic carboxylic acids is 1. The number of aliphatic hydroxyl groups excluding tert-OH is 1. The SMILES string of the molecule is O=C(O)c1cc(CC(=O)N2CCC3(CC2)CC(O)C3)cs1. The highest BCUT2D eigenvalue weighted by atomic mass is 32.1. The largest absolute Gasteiger partial charge is 0.477 e. The van der Waals surface area contributed by atoms with Crippen LogP contribution in [-0.4, -0.2) is 46.2 Å². The Morgan fingerprint density at radius 2 is 2.00 bits per heavy atom. The number of rotatable bonds is 3. The van der Waals surface area contributed by atoms with E-state index in [-0.39, 0.29) is 28.7 Å². The van der Waals surface area contributed by atoms with Gasteiger partial charge in [-0.15, -0.1) is 11.3 Å². The van der Waals surface area contributed by atoms with Crippen molar-refractivity contribution in [1.82, 2.24) is 4.90 Å². The molecule has 0 bridgehead atoms. The molecule has 2 fully saturated rings. The lowest BCUT2D eigenvalue weighted by atomic mass is 9.61. The number of carbonyl (C=O) groups is 2. The predicted octanol–water partition coefficient (Wildman–Crippen LogP) is 1.75. The van der Waals surface area contributed by atoms with Gasteiger partial charge in [-0.25, -0.2) is 4.79 Å². The van der Waals surface area contributed by atoms with Crippen LogP contribution in [0.3, 0.4) is 0 Å². The van der Waals surface area contributed by atoms with Crippen LogP contribution in [0.2, 0.25) is 0 Å². The van der Waals surface area contributed by atoms with Gasteiger partial charge in [0.15, 0.2) is 0 Å². The topological polar surface area (TPSA) is 77.8 Å². The van der Waals surface area contributed by atoms with E-state index in [0.29, 0.717) is 0 Å². The maximum Gasteiger partial charge on any atom is 0.345 e. The van der Waals surface area contributed by atoms with E-state index in [4.69, 9.17) is 5.11 Å². The number of likely N-dealkylation sites (tertiary alicyclic amines) is 1. The van der Waals surface area contributed by atoms with Gasteiger partial charge in [0.05, 0.1) is 12.5 Å². The number of hydrogen-bond donors (Lipinski definition) is 2. The first-order chi connectivity index (χ1) is 9.97. The van der Waals surface area contributed by atoms with E-state index in [0.717, 1.165) is 55.7 Å². The maximum atomic E-state index is 12.3. The average Bonchev–Trinajstić information content (AvgIpc) is 2.86. The van der Waals surface area contributed by atoms with Crippen LogP contribution in [0.1, 0.15) is 40.9 Å². The molecule has 2 N–H and O–H groups in total. The zero-order valence-electron chi connectivity index (χ0n) is 11.7. The quantitative estimate of drug-likeness (QED) is 0.892. The van der Waals surface area contributed by atoms with E-state index in [9.17, 15) is 14.7 Å². The fraction of sp³-hybridized carbons (Fsp3) is 0.600. The standard InChI is InChI=1S/C15H19NO4S/c17-11-7-15(8-11)1-3-16(4-2-15)13(18)6-10-5-12(14(19)20)21-9-10/h5,9,11,17H,1-4,6-8H2,(H,19,20). The molecule has 6 heteroatoms. The average molecular weight is 309 g/mol. The first-order valence-electron chi connectivity index (χ1n) is 7.24. The third kappa shape index (κ3) is 2.96. The molecule has 1 spiro atoms. The molecule has 1 aromatic rings. The highest BCUT2D eigenvalue weighted by Crippen LogP contribution is 2.48. The molecule has 5 nitrogen and oxygen atoms in total. The molecule has 2 aliphatic rings. The molecule has 3 rings (SSSR count). The number of piperidine rings is 1. The number of hydrogen-bond acceptors (Lipinski definition) is 4. The molecule has 1 saturated heterocycles. The summed E-state index contributed by atoms with van der Waals surface area (Å²) in [5.74, 6) is -0.874. The monoisotopic (exact) mass is 309 g/mol. The summed E-state index contributed by atoms with van der Waals surface area (Å²) in [6.07, 6.45) is 3.83. The summed E-state index contributed by atoms with van der Waals surface area (Å²) < 4.78 is 0. The lowest BCUT2D eigenvalue weighted by Gasteiger charge is -2.50. The number of thiophene rings is 1. The molecule has 1 saturated carbocycles. The van der Waals surface area contributed by atoms with Crippen LogP contribution < -0.4 is 0 Å². The zero-order chi connectivity index (χ0) is 15.0. The molecular formula is C15H19NO4S. The van der Waals surface area contributed by atoms with Gasteiger partial charge < -0.3 is 15.1 Å². The number of carboxylic acid groups (broad SMARTS) is 1. The Hall–Kier alpha value is -1.40. The van der Waals surface area contributed by atoms with Crippen molar-refractivity contribution in [2.24, 2.45) is 5.41 Å². The molecule has 1 aliphatic carbocycles. The van der Waals surface area contributed by atoms with Gasteiger partial charge in [-0.3, -0.25) is 4.79 Å². The molecule has 0 radical (unpaired) electrons. The molecule has 0 unspecified atom stereocenters. The summed E-state index contributed by atoms with van der Waals surface area (Å²) in [7, 11) is 0. The minimum absolute atomic E-state index is 0.0689. The highest BCUT2D eigenvalue weighted by Gasteiger charge is 2.45. The van der Waals surface area contributed by atoms with Gasteiger partial charge in [0, 0.05) is 13.1 Å². The normalized spacial score (nSPS) is 21.3. The molecule has 114 valence electrons. The van der Waals surface area contributed by atoms with Crippen LogP contribution in [0.5, 0.6) is 0 Å². The fourth-order valence-corrected chi connectivity index (χ4v) is 4.20. The van der Waals surface area contributed by atoms with Crippen LogP contribution >= 0.6 is 11.3 Å². The first kappa shape index (κ1) is 14.5.